The van der Waals surface area contributed by atoms with Crippen molar-refractivity contribution in [2.45, 2.75) is 20.0 Å². The summed E-state index contributed by atoms with van der Waals surface area (Å²) >= 11 is 4.69. The quantitative estimate of drug-likeness (QED) is 0.443. The van der Waals surface area contributed by atoms with Gasteiger partial charge in [-0.1, -0.05) is 46.3 Å². The van der Waals surface area contributed by atoms with Crippen LogP contribution in [0.2, 0.25) is 0 Å². The Kier molecular flexibility index (Phi) is 7.06. The predicted octanol–water partition coefficient (Wildman–Crippen LogP) is 5.76. The van der Waals surface area contributed by atoms with Crippen LogP contribution in [0.25, 0.3) is 11.1 Å². The zero-order valence-electron chi connectivity index (χ0n) is 16.0. The summed E-state index contributed by atoms with van der Waals surface area (Å²) in [5.74, 6) is -0.218. The van der Waals surface area contributed by atoms with Crippen LogP contribution in [0.15, 0.2) is 64.5 Å². The van der Waals surface area contributed by atoms with Gasteiger partial charge in [0.05, 0.1) is 6.61 Å². The molecule has 1 atom stereocenters. The Hall–Kier alpha value is -2.64. The number of amides is 1. The average molecular weight is 474 g/mol. The van der Waals surface area contributed by atoms with Crippen molar-refractivity contribution in [1.29, 1.82) is 0 Å². The van der Waals surface area contributed by atoms with E-state index in [2.05, 4.69) is 21.2 Å². The van der Waals surface area contributed by atoms with Crippen LogP contribution < -0.4 is 10.1 Å². The maximum atomic E-state index is 12.7. The lowest BCUT2D eigenvalue weighted by molar-refractivity contribution is -0.122. The molecule has 3 aromatic rings. The van der Waals surface area contributed by atoms with Crippen molar-refractivity contribution < 1.29 is 19.1 Å². The summed E-state index contributed by atoms with van der Waals surface area (Å²) in [4.78, 5) is 25.3. The van der Waals surface area contributed by atoms with Gasteiger partial charge >= 0.3 is 5.97 Å². The van der Waals surface area contributed by atoms with Crippen LogP contribution in [0.5, 0.6) is 5.75 Å². The summed E-state index contributed by atoms with van der Waals surface area (Å²) in [5, 5.41) is 5.10. The van der Waals surface area contributed by atoms with E-state index in [4.69, 9.17) is 9.47 Å². The van der Waals surface area contributed by atoms with Crippen molar-refractivity contribution in [1.82, 2.24) is 0 Å². The van der Waals surface area contributed by atoms with E-state index in [9.17, 15) is 9.59 Å². The van der Waals surface area contributed by atoms with E-state index in [-0.39, 0.29) is 12.5 Å². The summed E-state index contributed by atoms with van der Waals surface area (Å²) in [6.07, 6.45) is -0.731. The van der Waals surface area contributed by atoms with Gasteiger partial charge in [-0.2, -0.15) is 0 Å². The molecule has 0 radical (unpaired) electrons. The second-order valence-corrected chi connectivity index (χ2v) is 7.94. The number of hydrogen-bond donors (Lipinski definition) is 1. The Labute approximate surface area is 181 Å². The molecule has 1 heterocycles. The molecule has 0 saturated heterocycles. The molecule has 0 aliphatic rings. The number of rotatable bonds is 7. The van der Waals surface area contributed by atoms with Crippen molar-refractivity contribution in [3.8, 4) is 16.9 Å². The fourth-order valence-electron chi connectivity index (χ4n) is 2.67. The third kappa shape index (κ3) is 5.25. The first-order valence-corrected chi connectivity index (χ1v) is 10.7. The zero-order valence-corrected chi connectivity index (χ0v) is 18.4. The Bertz CT molecular complexity index is 986. The van der Waals surface area contributed by atoms with Gasteiger partial charge in [0, 0.05) is 15.4 Å². The second kappa shape index (κ2) is 9.71. The SMILES string of the molecule is CCOC(=O)c1c(-c2ccc(Br)cc2)csc1NC(=O)[C@@H](C)Oc1ccccc1. The molecule has 5 nitrogen and oxygen atoms in total. The lowest BCUT2D eigenvalue weighted by atomic mass is 10.0. The van der Waals surface area contributed by atoms with Gasteiger partial charge < -0.3 is 14.8 Å². The van der Waals surface area contributed by atoms with Crippen LogP contribution in [0, 0.1) is 0 Å². The standard InChI is InChI=1S/C22H20BrNO4S/c1-3-27-22(26)19-18(15-9-11-16(23)12-10-15)13-29-21(19)24-20(25)14(2)28-17-7-5-4-6-8-17/h4-14H,3H2,1-2H3,(H,24,25)/t14-/m1/s1. The summed E-state index contributed by atoms with van der Waals surface area (Å²) in [6.45, 7) is 3.66. The minimum Gasteiger partial charge on any atom is -0.481 e. The molecule has 1 amide bonds. The molecule has 0 fully saturated rings. The van der Waals surface area contributed by atoms with E-state index in [0.29, 0.717) is 21.9 Å². The number of halogens is 1. The number of nitrogens with one attached hydrogen (secondary N) is 1. The molecule has 29 heavy (non-hydrogen) atoms. The van der Waals surface area contributed by atoms with Crippen LogP contribution >= 0.6 is 27.3 Å². The van der Waals surface area contributed by atoms with Gasteiger partial charge in [-0.05, 0) is 43.7 Å². The predicted molar refractivity (Wildman–Crippen MR) is 119 cm³/mol. The van der Waals surface area contributed by atoms with Crippen molar-refractivity contribution >= 4 is 44.1 Å². The van der Waals surface area contributed by atoms with E-state index < -0.39 is 12.1 Å². The van der Waals surface area contributed by atoms with Gasteiger partial charge in [0.1, 0.15) is 16.3 Å². The number of carbonyl (C=O) groups is 2. The van der Waals surface area contributed by atoms with E-state index in [1.54, 1.807) is 26.0 Å². The van der Waals surface area contributed by atoms with Crippen LogP contribution in [-0.2, 0) is 9.53 Å². The molecule has 3 rings (SSSR count). The number of ether oxygens (including phenoxy) is 2. The molecule has 150 valence electrons. The number of anilines is 1. The Morgan fingerprint density at radius 1 is 1.10 bits per heavy atom. The molecule has 0 spiro atoms. The first-order chi connectivity index (χ1) is 14.0. The number of benzene rings is 2. The van der Waals surface area contributed by atoms with E-state index in [1.807, 2.05) is 47.8 Å². The largest absolute Gasteiger partial charge is 0.481 e. The molecular weight excluding hydrogens is 454 g/mol. The number of thiophene rings is 1. The molecule has 1 aromatic heterocycles. The zero-order chi connectivity index (χ0) is 20.8. The van der Waals surface area contributed by atoms with Gasteiger partial charge in [-0.3, -0.25) is 4.79 Å². The van der Waals surface area contributed by atoms with Crippen LogP contribution in [0.1, 0.15) is 24.2 Å². The van der Waals surface area contributed by atoms with Crippen LogP contribution in [-0.4, -0.2) is 24.6 Å². The minimum atomic E-state index is -0.731. The molecule has 7 heteroatoms. The topological polar surface area (TPSA) is 64.6 Å². The Balaban J connectivity index is 1.85. The van der Waals surface area contributed by atoms with Crippen molar-refractivity contribution in [3.05, 3.63) is 70.0 Å². The van der Waals surface area contributed by atoms with E-state index in [0.717, 1.165) is 10.0 Å². The fraction of sp³-hybridized carbons (Fsp3) is 0.182. The highest BCUT2D eigenvalue weighted by molar-refractivity contribution is 9.10. The summed E-state index contributed by atoms with van der Waals surface area (Å²) in [7, 11) is 0. The molecule has 0 aliphatic heterocycles. The van der Waals surface area contributed by atoms with Crippen molar-refractivity contribution in [2.75, 3.05) is 11.9 Å². The van der Waals surface area contributed by atoms with Crippen LogP contribution in [0.4, 0.5) is 5.00 Å². The first-order valence-electron chi connectivity index (χ1n) is 9.06. The number of carbonyl (C=O) groups excluding carboxylic acids is 2. The maximum Gasteiger partial charge on any atom is 0.341 e. The fourth-order valence-corrected chi connectivity index (χ4v) is 3.89. The lowest BCUT2D eigenvalue weighted by Crippen LogP contribution is -2.30. The number of hydrogen-bond acceptors (Lipinski definition) is 5. The number of para-hydroxylation sites is 1. The monoisotopic (exact) mass is 473 g/mol. The van der Waals surface area contributed by atoms with Gasteiger partial charge in [0.2, 0.25) is 0 Å². The van der Waals surface area contributed by atoms with Gasteiger partial charge in [0.15, 0.2) is 6.10 Å². The summed E-state index contributed by atoms with van der Waals surface area (Å²) in [5.41, 5.74) is 1.92. The molecule has 0 aliphatic carbocycles. The van der Waals surface area contributed by atoms with Gasteiger partial charge in [0.25, 0.3) is 5.91 Å². The van der Waals surface area contributed by atoms with Crippen LogP contribution in [0.3, 0.4) is 0 Å². The second-order valence-electron chi connectivity index (χ2n) is 6.14. The molecular formula is C22H20BrNO4S. The van der Waals surface area contributed by atoms with Gasteiger partial charge in [-0.25, -0.2) is 4.79 Å². The average Bonchev–Trinajstić information content (AvgIpc) is 3.13. The van der Waals surface area contributed by atoms with E-state index >= 15 is 0 Å². The van der Waals surface area contributed by atoms with E-state index in [1.165, 1.54) is 11.3 Å². The molecule has 0 unspecified atom stereocenters. The summed E-state index contributed by atoms with van der Waals surface area (Å²) < 4.78 is 11.8. The molecule has 2 aromatic carbocycles. The normalized spacial score (nSPS) is 11.6. The Morgan fingerprint density at radius 3 is 2.45 bits per heavy atom. The molecule has 1 N–H and O–H groups in total. The minimum absolute atomic E-state index is 0.245. The third-order valence-corrected chi connectivity index (χ3v) is 5.51. The van der Waals surface area contributed by atoms with Gasteiger partial charge in [-0.15, -0.1) is 11.3 Å². The smallest absolute Gasteiger partial charge is 0.341 e. The highest BCUT2D eigenvalue weighted by atomic mass is 79.9. The Morgan fingerprint density at radius 2 is 1.79 bits per heavy atom. The highest BCUT2D eigenvalue weighted by Gasteiger charge is 2.24. The number of esters is 1. The first kappa shape index (κ1) is 21.1. The molecule has 0 saturated carbocycles. The third-order valence-electron chi connectivity index (χ3n) is 4.09. The van der Waals surface area contributed by atoms with Crippen molar-refractivity contribution in [2.24, 2.45) is 0 Å². The maximum absolute atomic E-state index is 12.7. The summed E-state index contributed by atoms with van der Waals surface area (Å²) in [6, 6.07) is 16.7. The highest BCUT2D eigenvalue weighted by Crippen LogP contribution is 2.36. The van der Waals surface area contributed by atoms with Crippen molar-refractivity contribution in [3.63, 3.8) is 0 Å². The lowest BCUT2D eigenvalue weighted by Gasteiger charge is -2.15. The molecule has 0 bridgehead atoms.